The third kappa shape index (κ3) is 7.86. The number of likely N-dealkylation sites (tertiary alicyclic amines) is 1. The van der Waals surface area contributed by atoms with Crippen molar-refractivity contribution in [2.45, 2.75) is 82.0 Å². The number of unbranched alkanes of at least 4 members (excludes halogenated alkanes) is 1. The predicted octanol–water partition coefficient (Wildman–Crippen LogP) is 4.76. The van der Waals surface area contributed by atoms with Crippen LogP contribution in [0.15, 0.2) is 24.3 Å². The number of halogens is 2. The molecule has 0 spiro atoms. The van der Waals surface area contributed by atoms with Gasteiger partial charge in [0.05, 0.1) is 5.60 Å². The van der Waals surface area contributed by atoms with Gasteiger partial charge in [0.2, 0.25) is 0 Å². The average molecular weight is 510 g/mol. The fraction of sp³-hybridized carbons (Fsp3) is 0.750. The van der Waals surface area contributed by atoms with Crippen molar-refractivity contribution in [1.29, 1.82) is 0 Å². The number of nitrogens with one attached hydrogen (secondary N) is 2. The number of urea groups is 1. The highest BCUT2D eigenvalue weighted by molar-refractivity contribution is 5.74. The van der Waals surface area contributed by atoms with Crippen molar-refractivity contribution in [3.8, 4) is 0 Å². The molecule has 0 bridgehead atoms. The Labute approximate surface area is 215 Å². The maximum atomic E-state index is 14.9. The Balaban J connectivity index is 1.67. The van der Waals surface area contributed by atoms with Gasteiger partial charge in [-0.2, -0.15) is 0 Å². The predicted molar refractivity (Wildman–Crippen MR) is 138 cm³/mol. The Morgan fingerprint density at radius 2 is 1.97 bits per heavy atom. The molecule has 1 aliphatic heterocycles. The molecule has 2 aliphatic rings. The number of aliphatic hydroxyl groups is 1. The van der Waals surface area contributed by atoms with Crippen molar-refractivity contribution in [1.82, 2.24) is 15.5 Å². The third-order valence-electron chi connectivity index (χ3n) is 8.05. The second-order valence-corrected chi connectivity index (χ2v) is 10.7. The Bertz CT molecular complexity index is 806. The molecule has 6 nitrogen and oxygen atoms in total. The molecule has 1 aromatic rings. The number of carbonyl (C=O) groups excluding carboxylic acids is 1. The summed E-state index contributed by atoms with van der Waals surface area (Å²) in [4.78, 5) is 15.1. The third-order valence-corrected chi connectivity index (χ3v) is 8.05. The number of likely N-dealkylation sites (N-methyl/N-ethyl adjacent to an activating group) is 1. The number of nitrogens with zero attached hydrogens (tertiary/aromatic N) is 1. The summed E-state index contributed by atoms with van der Waals surface area (Å²) in [7, 11) is 3.51. The molecule has 2 fully saturated rings. The van der Waals surface area contributed by atoms with Gasteiger partial charge >= 0.3 is 6.03 Å². The number of carbonyl (C=O) groups is 1. The van der Waals surface area contributed by atoms with Crippen LogP contribution in [-0.4, -0.2) is 68.6 Å². The van der Waals surface area contributed by atoms with Crippen LogP contribution in [0, 0.1) is 17.7 Å². The van der Waals surface area contributed by atoms with E-state index in [9.17, 15) is 18.7 Å². The molecular formula is C28H45F2N3O3. The van der Waals surface area contributed by atoms with Crippen molar-refractivity contribution in [2.75, 3.05) is 40.4 Å². The topological polar surface area (TPSA) is 73.8 Å². The highest BCUT2D eigenvalue weighted by atomic mass is 19.1. The summed E-state index contributed by atoms with van der Waals surface area (Å²) >= 11 is 0. The minimum Gasteiger partial charge on any atom is -0.385 e. The molecule has 3 N–H and O–H groups in total. The number of benzene rings is 1. The number of alkyl halides is 1. The zero-order valence-electron chi connectivity index (χ0n) is 22.0. The van der Waals surface area contributed by atoms with E-state index in [0.29, 0.717) is 63.4 Å². The number of amides is 2. The van der Waals surface area contributed by atoms with Gasteiger partial charge in [-0.3, -0.25) is 0 Å². The van der Waals surface area contributed by atoms with Crippen molar-refractivity contribution >= 4 is 6.03 Å². The van der Waals surface area contributed by atoms with Crippen LogP contribution < -0.4 is 10.6 Å². The van der Waals surface area contributed by atoms with Crippen molar-refractivity contribution < 1.29 is 23.4 Å². The van der Waals surface area contributed by atoms with Crippen molar-refractivity contribution in [3.05, 3.63) is 35.6 Å². The fourth-order valence-electron chi connectivity index (χ4n) is 6.03. The van der Waals surface area contributed by atoms with E-state index in [0.717, 1.165) is 38.5 Å². The van der Waals surface area contributed by atoms with Gasteiger partial charge in [0.1, 0.15) is 12.0 Å². The van der Waals surface area contributed by atoms with Gasteiger partial charge in [0.15, 0.2) is 0 Å². The maximum absolute atomic E-state index is 14.9. The quantitative estimate of drug-likeness (QED) is 0.355. The summed E-state index contributed by atoms with van der Waals surface area (Å²) in [6.45, 7) is 2.22. The number of rotatable bonds is 12. The monoisotopic (exact) mass is 509 g/mol. The van der Waals surface area contributed by atoms with E-state index < -0.39 is 17.6 Å². The molecular weight excluding hydrogens is 464 g/mol. The van der Waals surface area contributed by atoms with Crippen LogP contribution >= 0.6 is 0 Å². The smallest absolute Gasteiger partial charge is 0.317 e. The van der Waals surface area contributed by atoms with E-state index in [1.54, 1.807) is 30.2 Å². The number of hydrogen-bond acceptors (Lipinski definition) is 4. The van der Waals surface area contributed by atoms with E-state index in [1.807, 2.05) is 7.05 Å². The first kappa shape index (κ1) is 28.8. The summed E-state index contributed by atoms with van der Waals surface area (Å²) in [6.07, 6.45) is 6.46. The van der Waals surface area contributed by atoms with Crippen LogP contribution in [0.3, 0.4) is 0 Å². The lowest BCUT2D eigenvalue weighted by molar-refractivity contribution is -0.0587. The first-order chi connectivity index (χ1) is 17.4. The zero-order valence-corrected chi connectivity index (χ0v) is 22.0. The average Bonchev–Trinajstić information content (AvgIpc) is 2.88. The van der Waals surface area contributed by atoms with Gasteiger partial charge in [-0.25, -0.2) is 13.6 Å². The van der Waals surface area contributed by atoms with Gasteiger partial charge < -0.3 is 25.4 Å². The fourth-order valence-corrected chi connectivity index (χ4v) is 6.03. The van der Waals surface area contributed by atoms with E-state index in [1.165, 1.54) is 6.07 Å². The summed E-state index contributed by atoms with van der Waals surface area (Å²) < 4.78 is 33.6. The van der Waals surface area contributed by atoms with Gasteiger partial charge in [-0.1, -0.05) is 18.2 Å². The highest BCUT2D eigenvalue weighted by Gasteiger charge is 2.42. The normalized spacial score (nSPS) is 25.2. The largest absolute Gasteiger partial charge is 0.385 e. The molecule has 2 amide bonds. The Kier molecular flexibility index (Phi) is 11.4. The SMILES string of the molecule is CNCC(CC1CCC(F)CC1)NC(=O)N1CCC[C@@H]([C@@](O)(CCCCOC)c2ccccc2F)C1. The van der Waals surface area contributed by atoms with Crippen LogP contribution in [0.25, 0.3) is 0 Å². The maximum Gasteiger partial charge on any atom is 0.317 e. The summed E-state index contributed by atoms with van der Waals surface area (Å²) in [5, 5.41) is 18.3. The Hall–Kier alpha value is -1.77. The molecule has 1 aromatic carbocycles. The summed E-state index contributed by atoms with van der Waals surface area (Å²) in [5.74, 6) is -0.257. The molecule has 1 saturated heterocycles. The molecule has 1 unspecified atom stereocenters. The van der Waals surface area contributed by atoms with Gasteiger partial charge in [-0.05, 0) is 83.2 Å². The van der Waals surface area contributed by atoms with E-state index in [2.05, 4.69) is 10.6 Å². The molecule has 3 rings (SSSR count). The van der Waals surface area contributed by atoms with E-state index >= 15 is 0 Å². The first-order valence-electron chi connectivity index (χ1n) is 13.7. The Morgan fingerprint density at radius 1 is 1.22 bits per heavy atom. The lowest BCUT2D eigenvalue weighted by atomic mass is 9.74. The molecule has 1 aliphatic carbocycles. The molecule has 204 valence electrons. The molecule has 0 radical (unpaired) electrons. The molecule has 8 heteroatoms. The summed E-state index contributed by atoms with van der Waals surface area (Å²) in [6, 6.07) is 6.26. The molecule has 1 saturated carbocycles. The van der Waals surface area contributed by atoms with Gasteiger partial charge in [0.25, 0.3) is 0 Å². The second kappa shape index (κ2) is 14.2. The molecule has 0 aromatic heterocycles. The Morgan fingerprint density at radius 3 is 2.67 bits per heavy atom. The highest BCUT2D eigenvalue weighted by Crippen LogP contribution is 2.41. The van der Waals surface area contributed by atoms with Gasteiger partial charge in [-0.15, -0.1) is 0 Å². The van der Waals surface area contributed by atoms with Crippen LogP contribution in [0.4, 0.5) is 13.6 Å². The molecule has 36 heavy (non-hydrogen) atoms. The van der Waals surface area contributed by atoms with Gasteiger partial charge in [0, 0.05) is 50.9 Å². The number of hydrogen-bond donors (Lipinski definition) is 3. The molecule has 1 heterocycles. The van der Waals surface area contributed by atoms with Crippen LogP contribution in [0.1, 0.15) is 69.8 Å². The molecule has 3 atom stereocenters. The lowest BCUT2D eigenvalue weighted by Crippen LogP contribution is -2.54. The standard InChI is InChI=1S/C28H45F2N3O3/c1-31-19-24(18-21-11-13-23(29)14-12-21)32-27(34)33-16-7-8-22(20-33)28(35,15-5-6-17-36-2)25-9-3-4-10-26(25)30/h3-4,9-10,21-24,31,35H,5-8,11-20H2,1-2H3,(H,32,34)/t21?,22-,23?,24?,28+/m1/s1. The van der Waals surface area contributed by atoms with Crippen LogP contribution in [0.5, 0.6) is 0 Å². The van der Waals surface area contributed by atoms with Crippen molar-refractivity contribution in [3.63, 3.8) is 0 Å². The lowest BCUT2D eigenvalue weighted by Gasteiger charge is -2.43. The number of methoxy groups -OCH3 is 1. The van der Waals surface area contributed by atoms with Crippen LogP contribution in [0.2, 0.25) is 0 Å². The minimum absolute atomic E-state index is 0.0384. The first-order valence-corrected chi connectivity index (χ1v) is 13.7. The van der Waals surface area contributed by atoms with E-state index in [4.69, 9.17) is 4.74 Å². The number of ether oxygens (including phenoxy) is 1. The van der Waals surface area contributed by atoms with Crippen molar-refractivity contribution in [2.24, 2.45) is 11.8 Å². The zero-order chi connectivity index (χ0) is 26.0. The van der Waals surface area contributed by atoms with E-state index in [-0.39, 0.29) is 18.0 Å². The minimum atomic E-state index is -1.35. The summed E-state index contributed by atoms with van der Waals surface area (Å²) in [5.41, 5.74) is -1.04. The van der Waals surface area contributed by atoms with Crippen LogP contribution in [-0.2, 0) is 10.3 Å². The second-order valence-electron chi connectivity index (χ2n) is 10.7. The number of piperidine rings is 1.